The highest BCUT2D eigenvalue weighted by atomic mass is 32.2. The van der Waals surface area contributed by atoms with Crippen molar-refractivity contribution in [1.82, 2.24) is 0 Å². The molecule has 0 amide bonds. The van der Waals surface area contributed by atoms with Crippen LogP contribution in [0.3, 0.4) is 0 Å². The van der Waals surface area contributed by atoms with E-state index < -0.39 is 25.2 Å². The van der Waals surface area contributed by atoms with Crippen LogP contribution in [0.15, 0.2) is 0 Å². The predicted octanol–water partition coefficient (Wildman–Crippen LogP) is -0.291. The van der Waals surface area contributed by atoms with E-state index in [1.165, 1.54) is 6.92 Å². The first-order chi connectivity index (χ1) is 4.98. The zero-order valence-electron chi connectivity index (χ0n) is 5.81. The maximum atomic E-state index is 10.5. The second kappa shape index (κ2) is 4.84. The fraction of sp³-hybridized carbons (Fsp3) is 1.00. The molecule has 0 radical (unpaired) electrons. The maximum Gasteiger partial charge on any atom is 0.318 e. The van der Waals surface area contributed by atoms with Gasteiger partial charge >= 0.3 is 8.25 Å². The summed E-state index contributed by atoms with van der Waals surface area (Å²) in [5, 5.41) is 0. The zero-order chi connectivity index (χ0) is 8.91. The van der Waals surface area contributed by atoms with E-state index in [9.17, 15) is 13.0 Å². The largest absolute Gasteiger partial charge is 0.326 e. The van der Waals surface area contributed by atoms with Crippen LogP contribution in [0.4, 0.5) is 0 Å². The summed E-state index contributed by atoms with van der Waals surface area (Å²) in [5.41, 5.74) is 0. The normalized spacial score (nSPS) is 14.7. The lowest BCUT2D eigenvalue weighted by molar-refractivity contribution is 0.121. The van der Waals surface area contributed by atoms with E-state index in [1.807, 2.05) is 0 Å². The van der Waals surface area contributed by atoms with Crippen LogP contribution in [0.1, 0.15) is 6.92 Å². The van der Waals surface area contributed by atoms with Crippen LogP contribution < -0.4 is 0 Å². The molecular weight excluding hydrogens is 195 g/mol. The molecule has 6 nitrogen and oxygen atoms in total. The van der Waals surface area contributed by atoms with Gasteiger partial charge in [-0.3, -0.25) is 9.09 Å². The summed E-state index contributed by atoms with van der Waals surface area (Å²) in [6, 6.07) is 0. The SMILES string of the molecule is CCS(=O)(=O)OCO[PH](=O)O. The summed E-state index contributed by atoms with van der Waals surface area (Å²) in [7, 11) is -6.68. The Labute approximate surface area is 65.2 Å². The molecule has 68 valence electrons. The Morgan fingerprint density at radius 1 is 1.55 bits per heavy atom. The third-order valence-electron chi connectivity index (χ3n) is 0.764. The highest BCUT2D eigenvalue weighted by molar-refractivity contribution is 7.86. The van der Waals surface area contributed by atoms with Gasteiger partial charge in [-0.25, -0.2) is 4.18 Å². The van der Waals surface area contributed by atoms with Gasteiger partial charge in [-0.2, -0.15) is 8.42 Å². The quantitative estimate of drug-likeness (QED) is 0.376. The summed E-state index contributed by atoms with van der Waals surface area (Å²) in [6.45, 7) is 0.682. The Kier molecular flexibility index (Phi) is 4.87. The second-order valence-corrected chi connectivity index (χ2v) is 4.24. The van der Waals surface area contributed by atoms with Crippen molar-refractivity contribution in [2.45, 2.75) is 6.92 Å². The fourth-order valence-corrected chi connectivity index (χ4v) is 0.838. The molecule has 0 saturated carbocycles. The Bertz CT molecular complexity index is 220. The van der Waals surface area contributed by atoms with Gasteiger partial charge in [0.05, 0.1) is 5.75 Å². The maximum absolute atomic E-state index is 10.5. The molecule has 0 bridgehead atoms. The van der Waals surface area contributed by atoms with E-state index in [-0.39, 0.29) is 5.75 Å². The van der Waals surface area contributed by atoms with E-state index in [0.29, 0.717) is 0 Å². The van der Waals surface area contributed by atoms with Crippen molar-refractivity contribution >= 4 is 18.4 Å². The Balaban J connectivity index is 3.63. The molecule has 0 aromatic rings. The highest BCUT2D eigenvalue weighted by Gasteiger charge is 2.06. The van der Waals surface area contributed by atoms with Crippen LogP contribution in [0, 0.1) is 0 Å². The average molecular weight is 204 g/mol. The zero-order valence-corrected chi connectivity index (χ0v) is 7.63. The van der Waals surface area contributed by atoms with Gasteiger partial charge in [0.2, 0.25) is 0 Å². The van der Waals surface area contributed by atoms with Crippen molar-refractivity contribution < 1.29 is 26.6 Å². The molecule has 1 unspecified atom stereocenters. The Hall–Kier alpha value is 0.0600. The second-order valence-electron chi connectivity index (χ2n) is 1.49. The van der Waals surface area contributed by atoms with E-state index in [0.717, 1.165) is 0 Å². The lowest BCUT2D eigenvalue weighted by atomic mass is 11.0. The van der Waals surface area contributed by atoms with Gasteiger partial charge in [0, 0.05) is 0 Å². The van der Waals surface area contributed by atoms with Crippen molar-refractivity contribution in [2.75, 3.05) is 12.5 Å². The minimum absolute atomic E-state index is 0.192. The number of hydrogen-bond donors (Lipinski definition) is 1. The molecule has 0 aromatic heterocycles. The molecule has 1 atom stereocenters. The van der Waals surface area contributed by atoms with Crippen LogP contribution in [0.2, 0.25) is 0 Å². The van der Waals surface area contributed by atoms with Crippen molar-refractivity contribution in [3.05, 3.63) is 0 Å². The number of rotatable bonds is 5. The lowest BCUT2D eigenvalue weighted by Gasteiger charge is -2.00. The Morgan fingerprint density at radius 2 is 2.09 bits per heavy atom. The van der Waals surface area contributed by atoms with Gasteiger partial charge < -0.3 is 4.89 Å². The minimum atomic E-state index is -3.57. The molecule has 0 spiro atoms. The summed E-state index contributed by atoms with van der Waals surface area (Å²) >= 11 is 0. The Morgan fingerprint density at radius 3 is 2.45 bits per heavy atom. The van der Waals surface area contributed by atoms with Crippen LogP contribution in [0.5, 0.6) is 0 Å². The molecule has 0 aliphatic carbocycles. The topological polar surface area (TPSA) is 89.9 Å². The molecule has 1 N–H and O–H groups in total. The first-order valence-electron chi connectivity index (χ1n) is 2.70. The van der Waals surface area contributed by atoms with Crippen molar-refractivity contribution in [2.24, 2.45) is 0 Å². The molecule has 11 heavy (non-hydrogen) atoms. The van der Waals surface area contributed by atoms with Gasteiger partial charge in [0.15, 0.2) is 6.79 Å². The van der Waals surface area contributed by atoms with Crippen molar-refractivity contribution in [3.63, 3.8) is 0 Å². The first-order valence-corrected chi connectivity index (χ1v) is 5.55. The summed E-state index contributed by atoms with van der Waals surface area (Å²) in [5.74, 6) is -0.192. The first kappa shape index (κ1) is 11.1. The van der Waals surface area contributed by atoms with Gasteiger partial charge in [-0.1, -0.05) is 0 Å². The van der Waals surface area contributed by atoms with Crippen molar-refractivity contribution in [1.29, 1.82) is 0 Å². The summed E-state index contributed by atoms with van der Waals surface area (Å²) in [6.07, 6.45) is 0. The molecule has 0 rings (SSSR count). The van der Waals surface area contributed by atoms with E-state index >= 15 is 0 Å². The summed E-state index contributed by atoms with van der Waals surface area (Å²) in [4.78, 5) is 8.07. The molecule has 0 heterocycles. The molecule has 0 aromatic carbocycles. The van der Waals surface area contributed by atoms with Gasteiger partial charge in [0.25, 0.3) is 10.1 Å². The standard InChI is InChI=1S/C3H9O6PS/c1-2-11(6,7)9-3-8-10(4)5/h10H,2-3H2,1H3,(H,4,5). The molecule has 8 heteroatoms. The monoisotopic (exact) mass is 204 g/mol. The molecule has 0 aliphatic heterocycles. The third-order valence-corrected chi connectivity index (χ3v) is 2.29. The van der Waals surface area contributed by atoms with Gasteiger partial charge in [0.1, 0.15) is 0 Å². The minimum Gasteiger partial charge on any atom is -0.326 e. The van der Waals surface area contributed by atoms with Crippen molar-refractivity contribution in [3.8, 4) is 0 Å². The number of hydrogen-bond acceptors (Lipinski definition) is 5. The highest BCUT2D eigenvalue weighted by Crippen LogP contribution is 2.14. The van der Waals surface area contributed by atoms with Crippen LogP contribution >= 0.6 is 8.25 Å². The van der Waals surface area contributed by atoms with E-state index in [2.05, 4.69) is 8.71 Å². The molecule has 0 fully saturated rings. The van der Waals surface area contributed by atoms with Gasteiger partial charge in [-0.05, 0) is 6.92 Å². The van der Waals surface area contributed by atoms with Crippen LogP contribution in [-0.2, 0) is 23.4 Å². The predicted molar refractivity (Wildman–Crippen MR) is 37.7 cm³/mol. The van der Waals surface area contributed by atoms with E-state index in [1.54, 1.807) is 0 Å². The third kappa shape index (κ3) is 6.46. The van der Waals surface area contributed by atoms with E-state index in [4.69, 9.17) is 4.89 Å². The molecule has 0 saturated heterocycles. The average Bonchev–Trinajstić information content (AvgIpc) is 1.87. The smallest absolute Gasteiger partial charge is 0.318 e. The molecular formula is C3H9O6PS. The van der Waals surface area contributed by atoms with Crippen LogP contribution in [-0.4, -0.2) is 25.9 Å². The molecule has 0 aliphatic rings. The fourth-order valence-electron chi connectivity index (χ4n) is 0.231. The lowest BCUT2D eigenvalue weighted by Crippen LogP contribution is -2.09. The summed E-state index contributed by atoms with van der Waals surface area (Å²) < 4.78 is 39.0. The van der Waals surface area contributed by atoms with Crippen LogP contribution in [0.25, 0.3) is 0 Å². The van der Waals surface area contributed by atoms with Gasteiger partial charge in [-0.15, -0.1) is 0 Å².